The van der Waals surface area contributed by atoms with Crippen molar-refractivity contribution in [2.45, 2.75) is 32.7 Å². The van der Waals surface area contributed by atoms with Gasteiger partial charge in [-0.1, -0.05) is 20.3 Å². The molecule has 0 bridgehead atoms. The Morgan fingerprint density at radius 3 is 1.96 bits per heavy atom. The number of hydrogen-bond donors (Lipinski definition) is 2. The second-order valence-electron chi connectivity index (χ2n) is 7.34. The van der Waals surface area contributed by atoms with Gasteiger partial charge in [0.15, 0.2) is 0 Å². The molecule has 1 unspecified atom stereocenters. The molecule has 0 radical (unpaired) electrons. The largest absolute Gasteiger partial charge is 0.480 e. The van der Waals surface area contributed by atoms with Crippen molar-refractivity contribution in [3.05, 3.63) is 0 Å². The molecule has 1 saturated heterocycles. The highest BCUT2D eigenvalue weighted by Gasteiger charge is 2.24. The van der Waals surface area contributed by atoms with Crippen LogP contribution >= 0.6 is 0 Å². The molecule has 1 fully saturated rings. The molecule has 0 spiro atoms. The third-order valence-corrected chi connectivity index (χ3v) is 5.23. The average Bonchev–Trinajstić information content (AvgIpc) is 2.62. The average molecular weight is 401 g/mol. The highest BCUT2D eigenvalue weighted by atomic mass is 16.4. The van der Waals surface area contributed by atoms with Crippen LogP contribution in [0.4, 0.5) is 0 Å². The molecule has 28 heavy (non-hydrogen) atoms. The minimum absolute atomic E-state index is 0.0160. The van der Waals surface area contributed by atoms with Crippen LogP contribution in [0.2, 0.25) is 0 Å². The molecule has 0 amide bonds. The summed E-state index contributed by atoms with van der Waals surface area (Å²) in [5.41, 5.74) is 0. The Bertz CT molecular complexity index is 491. The van der Waals surface area contributed by atoms with Gasteiger partial charge in [-0.05, 0) is 13.0 Å². The first-order chi connectivity index (χ1) is 13.4. The van der Waals surface area contributed by atoms with E-state index in [1.165, 1.54) is 0 Å². The predicted octanol–water partition coefficient (Wildman–Crippen LogP) is -0.235. The standard InChI is InChI=1S/C19H36N4O5/c1-3-5-17-14-22(16-19(27)28)9-7-20(12-13-24)6-8-21(15-18(25)26)10-11-23(17)4-2/h13,17H,3-12,14-16H2,1-2H3,(H,25,26)(H,27,28). The van der Waals surface area contributed by atoms with E-state index in [0.717, 1.165) is 32.2 Å². The molecule has 1 atom stereocenters. The fourth-order valence-corrected chi connectivity index (χ4v) is 3.74. The van der Waals surface area contributed by atoms with Gasteiger partial charge in [0, 0.05) is 51.9 Å². The summed E-state index contributed by atoms with van der Waals surface area (Å²) in [5, 5.41) is 18.5. The summed E-state index contributed by atoms with van der Waals surface area (Å²) < 4.78 is 0. The van der Waals surface area contributed by atoms with Gasteiger partial charge in [-0.2, -0.15) is 0 Å². The number of carboxylic acids is 2. The van der Waals surface area contributed by atoms with Gasteiger partial charge in [0.1, 0.15) is 6.29 Å². The summed E-state index contributed by atoms with van der Waals surface area (Å²) in [6.45, 7) is 9.59. The molecular formula is C19H36N4O5. The number of rotatable bonds is 9. The fourth-order valence-electron chi connectivity index (χ4n) is 3.74. The van der Waals surface area contributed by atoms with Gasteiger partial charge < -0.3 is 15.0 Å². The lowest BCUT2D eigenvalue weighted by Gasteiger charge is -2.37. The number of likely N-dealkylation sites (N-methyl/N-ethyl adjacent to an activating group) is 1. The first kappa shape index (κ1) is 24.5. The summed E-state index contributed by atoms with van der Waals surface area (Å²) in [7, 11) is 0. The number of nitrogens with zero attached hydrogens (tertiary/aromatic N) is 4. The second kappa shape index (κ2) is 13.6. The molecule has 0 aliphatic carbocycles. The van der Waals surface area contributed by atoms with Gasteiger partial charge in [0.2, 0.25) is 0 Å². The Kier molecular flexibility index (Phi) is 11.9. The summed E-state index contributed by atoms with van der Waals surface area (Å²) in [4.78, 5) is 41.7. The van der Waals surface area contributed by atoms with E-state index in [2.05, 4.69) is 18.7 Å². The molecular weight excluding hydrogens is 364 g/mol. The van der Waals surface area contributed by atoms with Crippen molar-refractivity contribution in [1.82, 2.24) is 19.6 Å². The van der Waals surface area contributed by atoms with Crippen LogP contribution in [-0.4, -0.2) is 126 Å². The number of aliphatic carboxylic acids is 2. The van der Waals surface area contributed by atoms with E-state index in [-0.39, 0.29) is 25.7 Å². The molecule has 0 saturated carbocycles. The van der Waals surface area contributed by atoms with Crippen LogP contribution in [0.5, 0.6) is 0 Å². The van der Waals surface area contributed by atoms with Gasteiger partial charge in [-0.25, -0.2) is 0 Å². The van der Waals surface area contributed by atoms with E-state index in [1.54, 1.807) is 0 Å². The number of hydrogen-bond acceptors (Lipinski definition) is 7. The molecule has 1 aliphatic heterocycles. The normalized spacial score (nSPS) is 22.3. The SMILES string of the molecule is CCCC1CN(CC(=O)O)CCN(CC=O)CCN(CC(=O)O)CCN1CC. The molecule has 1 aliphatic rings. The molecule has 2 N–H and O–H groups in total. The van der Waals surface area contributed by atoms with Crippen LogP contribution in [0.1, 0.15) is 26.7 Å². The number of carbonyl (C=O) groups is 3. The van der Waals surface area contributed by atoms with E-state index in [9.17, 15) is 24.6 Å². The quantitative estimate of drug-likeness (QED) is 0.508. The first-order valence-electron chi connectivity index (χ1n) is 10.2. The van der Waals surface area contributed by atoms with Crippen molar-refractivity contribution < 1.29 is 24.6 Å². The Balaban J connectivity index is 3.00. The summed E-state index contributed by atoms with van der Waals surface area (Å²) in [5.74, 6) is -1.70. The van der Waals surface area contributed by atoms with Gasteiger partial charge in [-0.15, -0.1) is 0 Å². The van der Waals surface area contributed by atoms with Crippen molar-refractivity contribution in [2.75, 3.05) is 72.0 Å². The van der Waals surface area contributed by atoms with Gasteiger partial charge in [0.05, 0.1) is 19.6 Å². The van der Waals surface area contributed by atoms with E-state index in [0.29, 0.717) is 39.3 Å². The zero-order valence-corrected chi connectivity index (χ0v) is 17.3. The number of carboxylic acid groups (broad SMARTS) is 2. The summed E-state index contributed by atoms with van der Waals surface area (Å²) >= 11 is 0. The van der Waals surface area contributed by atoms with Gasteiger partial charge >= 0.3 is 11.9 Å². The smallest absolute Gasteiger partial charge is 0.317 e. The number of aldehydes is 1. The zero-order chi connectivity index (χ0) is 20.9. The third kappa shape index (κ3) is 9.59. The van der Waals surface area contributed by atoms with Crippen molar-refractivity contribution in [3.8, 4) is 0 Å². The van der Waals surface area contributed by atoms with Crippen LogP contribution in [0.3, 0.4) is 0 Å². The summed E-state index contributed by atoms with van der Waals surface area (Å²) in [6, 6.07) is 0.222. The van der Waals surface area contributed by atoms with E-state index in [4.69, 9.17) is 0 Å². The monoisotopic (exact) mass is 400 g/mol. The maximum Gasteiger partial charge on any atom is 0.317 e. The van der Waals surface area contributed by atoms with Crippen molar-refractivity contribution >= 4 is 18.2 Å². The zero-order valence-electron chi connectivity index (χ0n) is 17.3. The van der Waals surface area contributed by atoms with Crippen molar-refractivity contribution in [1.29, 1.82) is 0 Å². The highest BCUT2D eigenvalue weighted by molar-refractivity contribution is 5.69. The van der Waals surface area contributed by atoms with Crippen LogP contribution in [0, 0.1) is 0 Å². The maximum atomic E-state index is 11.3. The molecule has 1 heterocycles. The van der Waals surface area contributed by atoms with E-state index in [1.807, 2.05) is 14.7 Å². The Labute approximate surface area is 167 Å². The van der Waals surface area contributed by atoms with Crippen LogP contribution < -0.4 is 0 Å². The topological polar surface area (TPSA) is 105 Å². The highest BCUT2D eigenvalue weighted by Crippen LogP contribution is 2.11. The predicted molar refractivity (Wildman–Crippen MR) is 107 cm³/mol. The third-order valence-electron chi connectivity index (χ3n) is 5.23. The van der Waals surface area contributed by atoms with E-state index >= 15 is 0 Å². The lowest BCUT2D eigenvalue weighted by molar-refractivity contribution is -0.139. The lowest BCUT2D eigenvalue weighted by atomic mass is 10.1. The van der Waals surface area contributed by atoms with Crippen LogP contribution in [0.25, 0.3) is 0 Å². The Hall–Kier alpha value is -1.55. The van der Waals surface area contributed by atoms with Crippen LogP contribution in [0.15, 0.2) is 0 Å². The molecule has 0 aromatic heterocycles. The lowest BCUT2D eigenvalue weighted by Crippen LogP contribution is -2.51. The number of carbonyl (C=O) groups excluding carboxylic acids is 1. The Morgan fingerprint density at radius 2 is 1.43 bits per heavy atom. The fraction of sp³-hybridized carbons (Fsp3) is 0.842. The van der Waals surface area contributed by atoms with Crippen LogP contribution in [-0.2, 0) is 14.4 Å². The molecule has 9 heteroatoms. The maximum absolute atomic E-state index is 11.3. The van der Waals surface area contributed by atoms with Crippen molar-refractivity contribution in [3.63, 3.8) is 0 Å². The molecule has 162 valence electrons. The Morgan fingerprint density at radius 1 is 0.893 bits per heavy atom. The minimum Gasteiger partial charge on any atom is -0.480 e. The van der Waals surface area contributed by atoms with Gasteiger partial charge in [0.25, 0.3) is 0 Å². The van der Waals surface area contributed by atoms with E-state index < -0.39 is 11.9 Å². The molecule has 0 aromatic carbocycles. The molecule has 1 rings (SSSR count). The second-order valence-corrected chi connectivity index (χ2v) is 7.34. The van der Waals surface area contributed by atoms with Crippen molar-refractivity contribution in [2.24, 2.45) is 0 Å². The summed E-state index contributed by atoms with van der Waals surface area (Å²) in [6.07, 6.45) is 2.80. The molecule has 9 nitrogen and oxygen atoms in total. The minimum atomic E-state index is -0.852. The molecule has 0 aromatic rings. The first-order valence-corrected chi connectivity index (χ1v) is 10.2. The van der Waals surface area contributed by atoms with Gasteiger partial charge in [-0.3, -0.25) is 29.2 Å².